The molecule has 2 fully saturated rings. The summed E-state index contributed by atoms with van der Waals surface area (Å²) in [7, 11) is 0. The van der Waals surface area contributed by atoms with Crippen LogP contribution in [0.4, 0.5) is 0 Å². The molecule has 2 rings (SSSR count). The van der Waals surface area contributed by atoms with Crippen molar-refractivity contribution in [3.63, 3.8) is 0 Å². The van der Waals surface area contributed by atoms with Gasteiger partial charge in [-0.25, -0.2) is 0 Å². The van der Waals surface area contributed by atoms with E-state index in [2.05, 4.69) is 5.32 Å². The highest BCUT2D eigenvalue weighted by molar-refractivity contribution is 5.85. The van der Waals surface area contributed by atoms with Crippen LogP contribution >= 0.6 is 12.4 Å². The van der Waals surface area contributed by atoms with Gasteiger partial charge in [0.1, 0.15) is 0 Å². The monoisotopic (exact) mass is 262 g/mol. The number of amides is 1. The van der Waals surface area contributed by atoms with E-state index in [9.17, 15) is 9.90 Å². The molecule has 4 nitrogen and oxygen atoms in total. The van der Waals surface area contributed by atoms with Gasteiger partial charge in [0.2, 0.25) is 5.91 Å². The molecule has 0 saturated carbocycles. The zero-order valence-electron chi connectivity index (χ0n) is 10.4. The molecule has 0 spiro atoms. The van der Waals surface area contributed by atoms with E-state index in [4.69, 9.17) is 0 Å². The number of rotatable bonds is 2. The molecule has 0 aromatic rings. The van der Waals surface area contributed by atoms with Crippen LogP contribution < -0.4 is 5.32 Å². The van der Waals surface area contributed by atoms with Crippen LogP contribution in [0.25, 0.3) is 0 Å². The largest absolute Gasteiger partial charge is 0.393 e. The predicted octanol–water partition coefficient (Wildman–Crippen LogP) is 0.780. The second kappa shape index (κ2) is 6.57. The molecule has 2 saturated heterocycles. The Morgan fingerprint density at radius 2 is 2.00 bits per heavy atom. The summed E-state index contributed by atoms with van der Waals surface area (Å²) in [5.74, 6) is 0.641. The van der Waals surface area contributed by atoms with Crippen molar-refractivity contribution < 1.29 is 9.90 Å². The van der Waals surface area contributed by atoms with Gasteiger partial charge in [-0.3, -0.25) is 4.79 Å². The number of aliphatic hydroxyl groups is 1. The van der Waals surface area contributed by atoms with Crippen molar-refractivity contribution in [2.75, 3.05) is 19.6 Å². The zero-order chi connectivity index (χ0) is 11.5. The second-order valence-electron chi connectivity index (χ2n) is 5.05. The van der Waals surface area contributed by atoms with Gasteiger partial charge < -0.3 is 15.3 Å². The summed E-state index contributed by atoms with van der Waals surface area (Å²) in [4.78, 5) is 14.0. The van der Waals surface area contributed by atoms with Crippen molar-refractivity contribution in [1.29, 1.82) is 0 Å². The second-order valence-corrected chi connectivity index (χ2v) is 5.05. The lowest BCUT2D eigenvalue weighted by Gasteiger charge is -2.34. The van der Waals surface area contributed by atoms with Gasteiger partial charge >= 0.3 is 0 Å². The first-order valence-electron chi connectivity index (χ1n) is 6.38. The minimum atomic E-state index is -0.234. The third-order valence-corrected chi connectivity index (χ3v) is 3.89. The Labute approximate surface area is 109 Å². The van der Waals surface area contributed by atoms with Crippen LogP contribution in [-0.4, -0.2) is 47.7 Å². The Balaban J connectivity index is 0.00000144. The van der Waals surface area contributed by atoms with Crippen LogP contribution in [0.3, 0.4) is 0 Å². The first-order chi connectivity index (χ1) is 7.68. The molecule has 0 aliphatic carbocycles. The number of nitrogens with one attached hydrogen (secondary N) is 1. The van der Waals surface area contributed by atoms with Crippen molar-refractivity contribution in [2.45, 2.75) is 44.8 Å². The van der Waals surface area contributed by atoms with Crippen LogP contribution in [0, 0.1) is 5.92 Å². The van der Waals surface area contributed by atoms with Crippen LogP contribution in [0.5, 0.6) is 0 Å². The molecule has 0 radical (unpaired) electrons. The first kappa shape index (κ1) is 14.7. The summed E-state index contributed by atoms with van der Waals surface area (Å²) in [6.07, 6.45) is 3.74. The van der Waals surface area contributed by atoms with E-state index in [0.29, 0.717) is 5.92 Å². The van der Waals surface area contributed by atoms with E-state index in [1.807, 2.05) is 11.8 Å². The van der Waals surface area contributed by atoms with Gasteiger partial charge in [0, 0.05) is 13.1 Å². The predicted molar refractivity (Wildman–Crippen MR) is 69.3 cm³/mol. The standard InChI is InChI=1S/C12H22N2O2.ClH/c1-9(15)10-4-7-14(8-5-10)12(16)11-3-2-6-13-11;/h9-11,13,15H,2-8H2,1H3;1H. The van der Waals surface area contributed by atoms with Crippen molar-refractivity contribution >= 4 is 18.3 Å². The molecule has 2 atom stereocenters. The first-order valence-corrected chi connectivity index (χ1v) is 6.38. The molecule has 17 heavy (non-hydrogen) atoms. The smallest absolute Gasteiger partial charge is 0.239 e. The molecule has 2 heterocycles. The molecule has 2 N–H and O–H groups in total. The minimum absolute atomic E-state index is 0. The summed E-state index contributed by atoms with van der Waals surface area (Å²) < 4.78 is 0. The van der Waals surface area contributed by atoms with E-state index in [1.165, 1.54) is 0 Å². The van der Waals surface area contributed by atoms with E-state index < -0.39 is 0 Å². The van der Waals surface area contributed by atoms with Crippen molar-refractivity contribution in [3.05, 3.63) is 0 Å². The normalized spacial score (nSPS) is 27.6. The highest BCUT2D eigenvalue weighted by atomic mass is 35.5. The molecule has 0 aromatic heterocycles. The van der Waals surface area contributed by atoms with Gasteiger partial charge in [-0.15, -0.1) is 12.4 Å². The number of halogens is 1. The third kappa shape index (κ3) is 3.57. The Bertz CT molecular complexity index is 247. The molecule has 2 aliphatic heterocycles. The SMILES string of the molecule is CC(O)C1CCN(C(=O)C2CCCN2)CC1.Cl. The third-order valence-electron chi connectivity index (χ3n) is 3.89. The van der Waals surface area contributed by atoms with Gasteiger partial charge in [0.05, 0.1) is 12.1 Å². The molecule has 2 aliphatic rings. The van der Waals surface area contributed by atoms with Crippen molar-refractivity contribution in [1.82, 2.24) is 10.2 Å². The van der Waals surface area contributed by atoms with Crippen molar-refractivity contribution in [2.24, 2.45) is 5.92 Å². The summed E-state index contributed by atoms with van der Waals surface area (Å²) in [6, 6.07) is 0.0584. The number of piperidine rings is 1. The van der Waals surface area contributed by atoms with Crippen LogP contribution in [-0.2, 0) is 4.79 Å². The lowest BCUT2D eigenvalue weighted by molar-refractivity contribution is -0.135. The molecule has 0 bridgehead atoms. The molecule has 5 heteroatoms. The summed E-state index contributed by atoms with van der Waals surface area (Å²) in [6.45, 7) is 4.44. The lowest BCUT2D eigenvalue weighted by Crippen LogP contribution is -2.47. The molecular weight excluding hydrogens is 240 g/mol. The van der Waals surface area contributed by atoms with Crippen LogP contribution in [0.1, 0.15) is 32.6 Å². The average Bonchev–Trinajstić information content (AvgIpc) is 2.81. The van der Waals surface area contributed by atoms with Gasteiger partial charge in [0.25, 0.3) is 0 Å². The minimum Gasteiger partial charge on any atom is -0.393 e. The summed E-state index contributed by atoms with van der Waals surface area (Å²) in [5, 5.41) is 12.7. The molecule has 100 valence electrons. The Kier molecular flexibility index (Phi) is 5.70. The fourth-order valence-electron chi connectivity index (χ4n) is 2.72. The zero-order valence-corrected chi connectivity index (χ0v) is 11.2. The van der Waals surface area contributed by atoms with E-state index in [-0.39, 0.29) is 30.5 Å². The van der Waals surface area contributed by atoms with E-state index in [0.717, 1.165) is 45.3 Å². The van der Waals surface area contributed by atoms with E-state index in [1.54, 1.807) is 0 Å². The molecular formula is C12H23ClN2O2. The number of nitrogens with zero attached hydrogens (tertiary/aromatic N) is 1. The molecule has 1 amide bonds. The maximum Gasteiger partial charge on any atom is 0.239 e. The number of hydrogen-bond donors (Lipinski definition) is 2. The number of aliphatic hydroxyl groups excluding tert-OH is 1. The molecule has 0 aromatic carbocycles. The van der Waals surface area contributed by atoms with Crippen molar-refractivity contribution in [3.8, 4) is 0 Å². The van der Waals surface area contributed by atoms with Gasteiger partial charge in [0.15, 0.2) is 0 Å². The number of carbonyl (C=O) groups is 1. The quantitative estimate of drug-likeness (QED) is 0.773. The highest BCUT2D eigenvalue weighted by Crippen LogP contribution is 2.21. The number of hydrogen-bond acceptors (Lipinski definition) is 3. The molecule has 2 unspecified atom stereocenters. The topological polar surface area (TPSA) is 52.6 Å². The maximum atomic E-state index is 12.1. The van der Waals surface area contributed by atoms with Gasteiger partial charge in [-0.2, -0.15) is 0 Å². The van der Waals surface area contributed by atoms with Gasteiger partial charge in [-0.05, 0) is 45.1 Å². The fourth-order valence-corrected chi connectivity index (χ4v) is 2.72. The summed E-state index contributed by atoms with van der Waals surface area (Å²) in [5.41, 5.74) is 0. The summed E-state index contributed by atoms with van der Waals surface area (Å²) >= 11 is 0. The lowest BCUT2D eigenvalue weighted by atomic mass is 9.92. The fraction of sp³-hybridized carbons (Fsp3) is 0.917. The number of likely N-dealkylation sites (tertiary alicyclic amines) is 1. The van der Waals surface area contributed by atoms with Gasteiger partial charge in [-0.1, -0.05) is 0 Å². The number of carbonyl (C=O) groups excluding carboxylic acids is 1. The van der Waals surface area contributed by atoms with Crippen LogP contribution in [0.15, 0.2) is 0 Å². The Morgan fingerprint density at radius 3 is 2.47 bits per heavy atom. The highest BCUT2D eigenvalue weighted by Gasteiger charge is 2.30. The Hall–Kier alpha value is -0.320. The van der Waals surface area contributed by atoms with E-state index >= 15 is 0 Å². The van der Waals surface area contributed by atoms with Crippen LogP contribution in [0.2, 0.25) is 0 Å². The Morgan fingerprint density at radius 1 is 1.35 bits per heavy atom. The average molecular weight is 263 g/mol. The maximum absolute atomic E-state index is 12.1.